The first kappa shape index (κ1) is 18.3. The van der Waals surface area contributed by atoms with Crippen LogP contribution in [0.5, 0.6) is 5.75 Å². The zero-order valence-corrected chi connectivity index (χ0v) is 15.4. The molecule has 1 N–H and O–H groups in total. The predicted octanol–water partition coefficient (Wildman–Crippen LogP) is 4.93. The van der Waals surface area contributed by atoms with Crippen molar-refractivity contribution in [1.82, 2.24) is 5.32 Å². The summed E-state index contributed by atoms with van der Waals surface area (Å²) < 4.78 is 20.5. The molecular weight excluding hydrogens is 362 g/mol. The van der Waals surface area contributed by atoms with Gasteiger partial charge in [0.05, 0.1) is 10.0 Å². The van der Waals surface area contributed by atoms with Gasteiger partial charge in [-0.25, -0.2) is 4.39 Å². The third-order valence-electron chi connectivity index (χ3n) is 4.45. The number of ether oxygens (including phenoxy) is 1. The third-order valence-corrected chi connectivity index (χ3v) is 5.19. The van der Waals surface area contributed by atoms with Crippen LogP contribution in [-0.4, -0.2) is 32.0 Å². The van der Waals surface area contributed by atoms with Crippen LogP contribution in [-0.2, 0) is 0 Å². The number of piperidine rings is 1. The van der Waals surface area contributed by atoms with Gasteiger partial charge >= 0.3 is 0 Å². The molecule has 1 aliphatic rings. The topological polar surface area (TPSA) is 24.5 Å². The van der Waals surface area contributed by atoms with Crippen molar-refractivity contribution in [2.45, 2.75) is 18.5 Å². The van der Waals surface area contributed by atoms with Crippen molar-refractivity contribution in [3.05, 3.63) is 58.6 Å². The summed E-state index contributed by atoms with van der Waals surface area (Å²) in [5, 5.41) is 4.12. The summed E-state index contributed by atoms with van der Waals surface area (Å²) in [4.78, 5) is 2.14. The summed E-state index contributed by atoms with van der Waals surface area (Å²) in [6.07, 6.45) is 0.928. The van der Waals surface area contributed by atoms with E-state index in [-0.39, 0.29) is 6.54 Å². The van der Waals surface area contributed by atoms with E-state index in [1.54, 1.807) is 6.07 Å². The second kappa shape index (κ2) is 8.26. The zero-order valence-electron chi connectivity index (χ0n) is 13.9. The zero-order chi connectivity index (χ0) is 17.7. The number of halogens is 3. The van der Waals surface area contributed by atoms with Gasteiger partial charge in [-0.3, -0.25) is 5.32 Å². The van der Waals surface area contributed by atoms with Crippen LogP contribution in [0.3, 0.4) is 0 Å². The quantitative estimate of drug-likeness (QED) is 0.566. The van der Waals surface area contributed by atoms with Crippen LogP contribution in [0.25, 0.3) is 0 Å². The first-order valence-electron chi connectivity index (χ1n) is 8.33. The molecule has 0 spiro atoms. The smallest absolute Gasteiger partial charge is 0.139 e. The highest BCUT2D eigenvalue weighted by Crippen LogP contribution is 2.32. The Morgan fingerprint density at radius 3 is 2.44 bits per heavy atom. The summed E-state index contributed by atoms with van der Waals surface area (Å²) in [5.41, 5.74) is -0.232. The molecule has 134 valence electrons. The molecule has 0 radical (unpaired) electrons. The average Bonchev–Trinajstić information content (AvgIpc) is 2.63. The lowest BCUT2D eigenvalue weighted by atomic mass is 9.93. The molecule has 3 rings (SSSR count). The Hall–Kier alpha value is -1.49. The maximum atomic E-state index is 14.9. The molecule has 1 saturated heterocycles. The number of anilines is 1. The van der Waals surface area contributed by atoms with Crippen LogP contribution in [0.15, 0.2) is 48.5 Å². The highest BCUT2D eigenvalue weighted by molar-refractivity contribution is 6.42. The summed E-state index contributed by atoms with van der Waals surface area (Å²) in [7, 11) is 0. The van der Waals surface area contributed by atoms with Crippen molar-refractivity contribution in [2.75, 3.05) is 31.3 Å². The van der Waals surface area contributed by atoms with Gasteiger partial charge in [0.1, 0.15) is 18.1 Å². The van der Waals surface area contributed by atoms with Crippen molar-refractivity contribution in [1.29, 1.82) is 0 Å². The van der Waals surface area contributed by atoms with E-state index in [2.05, 4.69) is 10.2 Å². The normalized spacial score (nSPS) is 16.7. The number of para-hydroxylation sites is 1. The average molecular weight is 383 g/mol. The fourth-order valence-corrected chi connectivity index (χ4v) is 3.24. The van der Waals surface area contributed by atoms with E-state index in [0.717, 1.165) is 11.4 Å². The van der Waals surface area contributed by atoms with Gasteiger partial charge in [0.15, 0.2) is 0 Å². The molecule has 0 bridgehead atoms. The SMILES string of the molecule is FC1(CNCOc2ccccc2)CCN(c2ccc(Cl)c(Cl)c2)CC1. The number of alkyl halides is 1. The molecular formula is C19H21Cl2FN2O. The molecule has 0 aromatic heterocycles. The number of rotatable bonds is 6. The van der Waals surface area contributed by atoms with Gasteiger partial charge in [0.25, 0.3) is 0 Å². The molecule has 0 atom stereocenters. The van der Waals surface area contributed by atoms with Crippen LogP contribution >= 0.6 is 23.2 Å². The van der Waals surface area contributed by atoms with Gasteiger partial charge in [0.2, 0.25) is 0 Å². The molecule has 1 aliphatic heterocycles. The second-order valence-electron chi connectivity index (χ2n) is 6.26. The van der Waals surface area contributed by atoms with Gasteiger partial charge in [-0.05, 0) is 30.3 Å². The van der Waals surface area contributed by atoms with E-state index in [9.17, 15) is 4.39 Å². The van der Waals surface area contributed by atoms with Crippen molar-refractivity contribution < 1.29 is 9.13 Å². The fraction of sp³-hybridized carbons (Fsp3) is 0.368. The Morgan fingerprint density at radius 2 is 1.76 bits per heavy atom. The molecule has 25 heavy (non-hydrogen) atoms. The van der Waals surface area contributed by atoms with E-state index in [4.69, 9.17) is 27.9 Å². The van der Waals surface area contributed by atoms with Gasteiger partial charge < -0.3 is 9.64 Å². The van der Waals surface area contributed by atoms with Crippen molar-refractivity contribution in [3.8, 4) is 5.75 Å². The molecule has 1 fully saturated rings. The van der Waals surface area contributed by atoms with E-state index in [0.29, 0.717) is 42.7 Å². The summed E-state index contributed by atoms with van der Waals surface area (Å²) in [5.74, 6) is 0.775. The minimum absolute atomic E-state index is 0.287. The number of benzene rings is 2. The molecule has 0 amide bonds. The molecule has 1 heterocycles. The van der Waals surface area contributed by atoms with Crippen molar-refractivity contribution in [2.24, 2.45) is 0 Å². The predicted molar refractivity (Wildman–Crippen MR) is 102 cm³/mol. The Labute approximate surface area is 157 Å². The Balaban J connectivity index is 1.44. The van der Waals surface area contributed by atoms with Crippen LogP contribution in [0.4, 0.5) is 10.1 Å². The lowest BCUT2D eigenvalue weighted by Gasteiger charge is -2.37. The lowest BCUT2D eigenvalue weighted by Crippen LogP contribution is -2.47. The van der Waals surface area contributed by atoms with E-state index in [1.165, 1.54) is 0 Å². The minimum atomic E-state index is -1.22. The Morgan fingerprint density at radius 1 is 1.04 bits per heavy atom. The first-order valence-corrected chi connectivity index (χ1v) is 9.09. The summed E-state index contributed by atoms with van der Waals surface area (Å²) in [6, 6.07) is 15.0. The lowest BCUT2D eigenvalue weighted by molar-refractivity contribution is 0.112. The van der Waals surface area contributed by atoms with Crippen molar-refractivity contribution in [3.63, 3.8) is 0 Å². The van der Waals surface area contributed by atoms with Gasteiger partial charge in [-0.15, -0.1) is 0 Å². The van der Waals surface area contributed by atoms with Crippen LogP contribution in [0.1, 0.15) is 12.8 Å². The largest absolute Gasteiger partial charge is 0.478 e. The molecule has 2 aromatic rings. The second-order valence-corrected chi connectivity index (χ2v) is 7.08. The maximum absolute atomic E-state index is 14.9. The van der Waals surface area contributed by atoms with E-state index < -0.39 is 5.67 Å². The van der Waals surface area contributed by atoms with Crippen LogP contribution in [0, 0.1) is 0 Å². The number of nitrogens with zero attached hydrogens (tertiary/aromatic N) is 1. The number of nitrogens with one attached hydrogen (secondary N) is 1. The number of hydrogen-bond acceptors (Lipinski definition) is 3. The molecule has 0 aliphatic carbocycles. The van der Waals surface area contributed by atoms with Gasteiger partial charge in [-0.2, -0.15) is 0 Å². The van der Waals surface area contributed by atoms with Crippen molar-refractivity contribution >= 4 is 28.9 Å². The fourth-order valence-electron chi connectivity index (χ4n) is 2.95. The molecule has 0 saturated carbocycles. The molecule has 2 aromatic carbocycles. The standard InChI is InChI=1S/C19H21Cl2FN2O/c20-17-7-6-15(12-18(17)21)24-10-8-19(22,9-11-24)13-23-14-25-16-4-2-1-3-5-16/h1-7,12,23H,8-11,13-14H2. The molecule has 6 heteroatoms. The summed E-state index contributed by atoms with van der Waals surface area (Å²) in [6.45, 7) is 1.88. The van der Waals surface area contributed by atoms with Gasteiger partial charge in [-0.1, -0.05) is 41.4 Å². The van der Waals surface area contributed by atoms with Crippen LogP contribution < -0.4 is 15.0 Å². The Kier molecular flexibility index (Phi) is 6.05. The third kappa shape index (κ3) is 5.00. The summed E-state index contributed by atoms with van der Waals surface area (Å²) >= 11 is 12.0. The Bertz CT molecular complexity index is 691. The van der Waals surface area contributed by atoms with Gasteiger partial charge in [0, 0.05) is 38.2 Å². The van der Waals surface area contributed by atoms with E-state index in [1.807, 2.05) is 42.5 Å². The molecule has 3 nitrogen and oxygen atoms in total. The molecule has 0 unspecified atom stereocenters. The maximum Gasteiger partial charge on any atom is 0.139 e. The first-order chi connectivity index (χ1) is 12.1. The van der Waals surface area contributed by atoms with E-state index >= 15 is 0 Å². The monoisotopic (exact) mass is 382 g/mol. The van der Waals surface area contributed by atoms with Crippen LogP contribution in [0.2, 0.25) is 10.0 Å². The number of hydrogen-bond donors (Lipinski definition) is 1. The minimum Gasteiger partial charge on any atom is -0.478 e. The highest BCUT2D eigenvalue weighted by atomic mass is 35.5. The highest BCUT2D eigenvalue weighted by Gasteiger charge is 2.34.